The van der Waals surface area contributed by atoms with E-state index in [2.05, 4.69) is 15.2 Å². The first-order valence-electron chi connectivity index (χ1n) is 11.0. The average Bonchev–Trinajstić information content (AvgIpc) is 3.56. The molecule has 1 atom stereocenters. The maximum atomic E-state index is 13.3. The van der Waals surface area contributed by atoms with E-state index in [1.807, 2.05) is 30.3 Å². The molecule has 5 rings (SSSR count). The third-order valence-corrected chi connectivity index (χ3v) is 8.99. The number of nitrogens with one attached hydrogen (secondary N) is 1. The number of fused-ring (bicyclic) bond motifs is 1. The van der Waals surface area contributed by atoms with Crippen molar-refractivity contribution in [2.45, 2.75) is 36.6 Å². The van der Waals surface area contributed by atoms with Crippen molar-refractivity contribution in [1.29, 1.82) is 0 Å². The number of amides is 1. The Hall–Kier alpha value is -2.33. The Morgan fingerprint density at radius 1 is 0.969 bits per heavy atom. The van der Waals surface area contributed by atoms with Gasteiger partial charge in [0.25, 0.3) is 0 Å². The summed E-state index contributed by atoms with van der Waals surface area (Å²) in [5.74, 6) is -0.109. The highest BCUT2D eigenvalue weighted by molar-refractivity contribution is 7.89. The maximum Gasteiger partial charge on any atom is 0.248 e. The van der Waals surface area contributed by atoms with Gasteiger partial charge in [-0.25, -0.2) is 13.4 Å². The van der Waals surface area contributed by atoms with Crippen LogP contribution in [0, 0.1) is 0 Å². The summed E-state index contributed by atoms with van der Waals surface area (Å²) in [6.45, 7) is 2.93. The molecule has 0 aliphatic carbocycles. The predicted octanol–water partition coefficient (Wildman–Crippen LogP) is 3.86. The van der Waals surface area contributed by atoms with Crippen LogP contribution in [0.4, 0.5) is 5.13 Å². The second kappa shape index (κ2) is 8.90. The molecular weight excluding hydrogens is 444 g/mol. The Morgan fingerprint density at radius 2 is 1.66 bits per heavy atom. The topological polar surface area (TPSA) is 82.6 Å². The van der Waals surface area contributed by atoms with Crippen LogP contribution in [0.2, 0.25) is 0 Å². The molecule has 0 bridgehead atoms. The molecule has 2 saturated heterocycles. The minimum Gasteiger partial charge on any atom is -0.300 e. The van der Waals surface area contributed by atoms with Crippen molar-refractivity contribution in [2.24, 2.45) is 0 Å². The molecule has 1 unspecified atom stereocenters. The standard InChI is InChI=1S/C23H26N4O3S2/c28-22(21(26-12-4-5-13-26)17-8-2-1-3-9-17)25-23-24-19-11-10-18(16-20(19)31-23)32(29,30)27-14-6-7-15-27/h1-3,8-11,16,21H,4-7,12-15H2,(H,24,25,28). The lowest BCUT2D eigenvalue weighted by molar-refractivity contribution is -0.121. The molecule has 7 nitrogen and oxygen atoms in total. The fourth-order valence-electron chi connectivity index (χ4n) is 4.53. The number of hydrogen-bond acceptors (Lipinski definition) is 6. The number of hydrogen-bond donors (Lipinski definition) is 1. The normalized spacial score (nSPS) is 18.9. The van der Waals surface area contributed by atoms with Crippen molar-refractivity contribution < 1.29 is 13.2 Å². The minimum atomic E-state index is -3.49. The first kappa shape index (κ1) is 21.5. The monoisotopic (exact) mass is 470 g/mol. The predicted molar refractivity (Wildman–Crippen MR) is 126 cm³/mol. The van der Waals surface area contributed by atoms with Crippen LogP contribution >= 0.6 is 11.3 Å². The van der Waals surface area contributed by atoms with Gasteiger partial charge in [-0.2, -0.15) is 4.31 Å². The maximum absolute atomic E-state index is 13.3. The zero-order valence-electron chi connectivity index (χ0n) is 17.7. The number of carbonyl (C=O) groups is 1. The van der Waals surface area contributed by atoms with Crippen LogP contribution < -0.4 is 5.32 Å². The fourth-order valence-corrected chi connectivity index (χ4v) is 7.06. The number of thiazole rings is 1. The molecule has 168 valence electrons. The molecule has 1 aromatic heterocycles. The second-order valence-corrected chi connectivity index (χ2v) is 11.3. The van der Waals surface area contributed by atoms with Gasteiger partial charge in [-0.1, -0.05) is 41.7 Å². The quantitative estimate of drug-likeness (QED) is 0.592. The average molecular weight is 471 g/mol. The fraction of sp³-hybridized carbons (Fsp3) is 0.391. The lowest BCUT2D eigenvalue weighted by atomic mass is 10.1. The number of sulfonamides is 1. The molecule has 2 aromatic carbocycles. The summed E-state index contributed by atoms with van der Waals surface area (Å²) in [5, 5.41) is 3.47. The van der Waals surface area contributed by atoms with Gasteiger partial charge in [0, 0.05) is 13.1 Å². The smallest absolute Gasteiger partial charge is 0.248 e. The van der Waals surface area contributed by atoms with Gasteiger partial charge in [0.2, 0.25) is 15.9 Å². The second-order valence-electron chi connectivity index (χ2n) is 8.31. The molecule has 2 aliphatic rings. The molecule has 2 fully saturated rings. The highest BCUT2D eigenvalue weighted by atomic mass is 32.2. The lowest BCUT2D eigenvalue weighted by Gasteiger charge is -2.26. The molecular formula is C23H26N4O3S2. The van der Waals surface area contributed by atoms with Gasteiger partial charge in [0.1, 0.15) is 6.04 Å². The van der Waals surface area contributed by atoms with Crippen molar-refractivity contribution in [3.63, 3.8) is 0 Å². The van der Waals surface area contributed by atoms with Gasteiger partial charge in [0.05, 0.1) is 15.1 Å². The van der Waals surface area contributed by atoms with Crippen LogP contribution in [-0.4, -0.2) is 54.7 Å². The molecule has 0 radical (unpaired) electrons. The number of aromatic nitrogens is 1. The largest absolute Gasteiger partial charge is 0.300 e. The first-order valence-corrected chi connectivity index (χ1v) is 13.3. The van der Waals surface area contributed by atoms with E-state index < -0.39 is 10.0 Å². The molecule has 1 N–H and O–H groups in total. The van der Waals surface area contributed by atoms with Gasteiger partial charge in [0.15, 0.2) is 5.13 Å². The highest BCUT2D eigenvalue weighted by Gasteiger charge is 2.31. The molecule has 1 amide bonds. The molecule has 0 saturated carbocycles. The van der Waals surface area contributed by atoms with Crippen LogP contribution in [0.3, 0.4) is 0 Å². The summed E-state index contributed by atoms with van der Waals surface area (Å²) in [6.07, 6.45) is 3.98. The van der Waals surface area contributed by atoms with E-state index >= 15 is 0 Å². The lowest BCUT2D eigenvalue weighted by Crippen LogP contribution is -2.35. The Balaban J connectivity index is 1.40. The molecule has 32 heavy (non-hydrogen) atoms. The van der Waals surface area contributed by atoms with Gasteiger partial charge >= 0.3 is 0 Å². The van der Waals surface area contributed by atoms with Crippen LogP contribution in [0.25, 0.3) is 10.2 Å². The van der Waals surface area contributed by atoms with E-state index in [9.17, 15) is 13.2 Å². The van der Waals surface area contributed by atoms with Crippen molar-refractivity contribution in [3.05, 3.63) is 54.1 Å². The van der Waals surface area contributed by atoms with Gasteiger partial charge in [-0.3, -0.25) is 9.69 Å². The molecule has 2 aliphatic heterocycles. The van der Waals surface area contributed by atoms with E-state index in [4.69, 9.17) is 0 Å². The van der Waals surface area contributed by atoms with E-state index in [-0.39, 0.29) is 16.8 Å². The van der Waals surface area contributed by atoms with Crippen molar-refractivity contribution in [3.8, 4) is 0 Å². The zero-order valence-corrected chi connectivity index (χ0v) is 19.4. The summed E-state index contributed by atoms with van der Waals surface area (Å²) >= 11 is 1.31. The van der Waals surface area contributed by atoms with Gasteiger partial charge < -0.3 is 5.32 Å². The van der Waals surface area contributed by atoms with Crippen molar-refractivity contribution >= 4 is 42.6 Å². The van der Waals surface area contributed by atoms with Gasteiger partial charge in [-0.15, -0.1) is 0 Å². The van der Waals surface area contributed by atoms with Crippen molar-refractivity contribution in [1.82, 2.24) is 14.2 Å². The van der Waals surface area contributed by atoms with Gasteiger partial charge in [-0.05, 0) is 62.5 Å². The third-order valence-electron chi connectivity index (χ3n) is 6.16. The Kier molecular flexibility index (Phi) is 5.98. The number of likely N-dealkylation sites (tertiary alicyclic amines) is 1. The zero-order chi connectivity index (χ0) is 22.1. The van der Waals surface area contributed by atoms with E-state index in [1.165, 1.54) is 11.3 Å². The summed E-state index contributed by atoms with van der Waals surface area (Å²) in [5.41, 5.74) is 1.65. The van der Waals surface area contributed by atoms with Crippen molar-refractivity contribution in [2.75, 3.05) is 31.5 Å². The van der Waals surface area contributed by atoms with Crippen LogP contribution in [0.5, 0.6) is 0 Å². The number of carbonyl (C=O) groups excluding carboxylic acids is 1. The molecule has 9 heteroatoms. The van der Waals surface area contributed by atoms with E-state index in [1.54, 1.807) is 22.5 Å². The van der Waals surface area contributed by atoms with E-state index in [0.717, 1.165) is 49.0 Å². The highest BCUT2D eigenvalue weighted by Crippen LogP contribution is 2.32. The summed E-state index contributed by atoms with van der Waals surface area (Å²) < 4.78 is 28.1. The van der Waals surface area contributed by atoms with E-state index in [0.29, 0.717) is 23.7 Å². The van der Waals surface area contributed by atoms with Crippen LogP contribution in [0.15, 0.2) is 53.4 Å². The number of nitrogens with zero attached hydrogens (tertiary/aromatic N) is 3. The van der Waals surface area contributed by atoms with Crippen LogP contribution in [-0.2, 0) is 14.8 Å². The first-order chi connectivity index (χ1) is 15.5. The summed E-state index contributed by atoms with van der Waals surface area (Å²) in [4.78, 5) is 20.3. The number of anilines is 1. The minimum absolute atomic E-state index is 0.109. The molecule has 3 aromatic rings. The molecule has 3 heterocycles. The Bertz CT molecular complexity index is 1210. The SMILES string of the molecule is O=C(Nc1nc2ccc(S(=O)(=O)N3CCCC3)cc2s1)C(c1ccccc1)N1CCCC1. The summed E-state index contributed by atoms with van der Waals surface area (Å²) in [7, 11) is -3.49. The third kappa shape index (κ3) is 4.17. The van der Waals surface area contributed by atoms with Crippen LogP contribution in [0.1, 0.15) is 37.3 Å². The number of benzene rings is 2. The summed E-state index contributed by atoms with van der Waals surface area (Å²) in [6, 6.07) is 14.5. The molecule has 0 spiro atoms. The Labute approximate surface area is 192 Å². The Morgan fingerprint density at radius 3 is 2.38 bits per heavy atom. The number of rotatable bonds is 6.